The third kappa shape index (κ3) is 2.02. The molecule has 2 heterocycles. The minimum absolute atomic E-state index is 0.576. The molecule has 0 aliphatic heterocycles. The standard InChI is InChI=1S/C8H8N4S2/c1-6-9-7(5-14-6)4-12-3-2-8(10-12)11-13/h2-3,5H,4H2,1H3. The van der Waals surface area contributed by atoms with Gasteiger partial charge in [-0.05, 0) is 6.92 Å². The molecule has 0 aromatic carbocycles. The first-order valence-electron chi connectivity index (χ1n) is 4.06. The Bertz CT molecular complexity index is 446. The topological polar surface area (TPSA) is 43.1 Å². The Morgan fingerprint density at radius 1 is 1.64 bits per heavy atom. The first-order chi connectivity index (χ1) is 6.78. The molecule has 2 rings (SSSR count). The second-order valence-electron chi connectivity index (χ2n) is 2.82. The molecule has 0 saturated carbocycles. The molecule has 14 heavy (non-hydrogen) atoms. The Morgan fingerprint density at radius 2 is 2.50 bits per heavy atom. The van der Waals surface area contributed by atoms with E-state index in [1.165, 1.54) is 0 Å². The van der Waals surface area contributed by atoms with Crippen LogP contribution in [0.3, 0.4) is 0 Å². The fourth-order valence-electron chi connectivity index (χ4n) is 1.13. The Labute approximate surface area is 90.8 Å². The second kappa shape index (κ2) is 3.93. The highest BCUT2D eigenvalue weighted by Crippen LogP contribution is 2.11. The summed E-state index contributed by atoms with van der Waals surface area (Å²) in [5.41, 5.74) is 1.02. The maximum atomic E-state index is 4.54. The quantitative estimate of drug-likeness (QED) is 0.801. The van der Waals surface area contributed by atoms with Crippen LogP contribution in [0.25, 0.3) is 0 Å². The number of hydrogen-bond acceptors (Lipinski definition) is 5. The molecular formula is C8H8N4S2. The van der Waals surface area contributed by atoms with E-state index in [4.69, 9.17) is 0 Å². The molecule has 0 aliphatic carbocycles. The van der Waals surface area contributed by atoms with Gasteiger partial charge in [0, 0.05) is 30.1 Å². The van der Waals surface area contributed by atoms with Crippen molar-refractivity contribution >= 4 is 29.6 Å². The Hall–Kier alpha value is -1.14. The zero-order valence-corrected chi connectivity index (χ0v) is 9.18. The normalized spacial score (nSPS) is 10.4. The minimum atomic E-state index is 0.576. The van der Waals surface area contributed by atoms with Crippen molar-refractivity contribution in [3.8, 4) is 0 Å². The van der Waals surface area contributed by atoms with Gasteiger partial charge >= 0.3 is 0 Å². The molecule has 72 valence electrons. The minimum Gasteiger partial charge on any atom is -0.264 e. The maximum Gasteiger partial charge on any atom is 0.187 e. The smallest absolute Gasteiger partial charge is 0.187 e. The summed E-state index contributed by atoms with van der Waals surface area (Å²) in [4.78, 5) is 4.34. The lowest BCUT2D eigenvalue weighted by Gasteiger charge is -1.95. The fraction of sp³-hybridized carbons (Fsp3) is 0.250. The van der Waals surface area contributed by atoms with Gasteiger partial charge < -0.3 is 0 Å². The number of thiazole rings is 1. The van der Waals surface area contributed by atoms with E-state index < -0.39 is 0 Å². The van der Waals surface area contributed by atoms with E-state index in [2.05, 4.69) is 26.9 Å². The molecule has 0 amide bonds. The summed E-state index contributed by atoms with van der Waals surface area (Å²) in [7, 11) is 0. The monoisotopic (exact) mass is 224 g/mol. The predicted octanol–water partition coefficient (Wildman–Crippen LogP) is 2.06. The molecule has 0 unspecified atom stereocenters. The van der Waals surface area contributed by atoms with E-state index in [0.717, 1.165) is 10.7 Å². The van der Waals surface area contributed by atoms with Crippen molar-refractivity contribution in [1.29, 1.82) is 0 Å². The summed E-state index contributed by atoms with van der Waals surface area (Å²) in [6.45, 7) is 2.66. The van der Waals surface area contributed by atoms with Crippen LogP contribution >= 0.6 is 11.3 Å². The van der Waals surface area contributed by atoms with E-state index in [1.807, 2.05) is 18.5 Å². The lowest BCUT2D eigenvalue weighted by molar-refractivity contribution is 0.676. The summed E-state index contributed by atoms with van der Waals surface area (Å²) < 4.78 is 5.35. The van der Waals surface area contributed by atoms with Crippen molar-refractivity contribution in [3.05, 3.63) is 28.3 Å². The van der Waals surface area contributed by atoms with Crippen LogP contribution in [0.4, 0.5) is 5.82 Å². The van der Waals surface area contributed by atoms with Crippen molar-refractivity contribution in [3.63, 3.8) is 0 Å². The summed E-state index contributed by atoms with van der Waals surface area (Å²) >= 11 is 6.18. The van der Waals surface area contributed by atoms with Gasteiger partial charge in [0.25, 0.3) is 0 Å². The zero-order chi connectivity index (χ0) is 9.97. The van der Waals surface area contributed by atoms with Crippen molar-refractivity contribution in [2.45, 2.75) is 13.5 Å². The average molecular weight is 224 g/mol. The molecule has 0 spiro atoms. The van der Waals surface area contributed by atoms with Crippen molar-refractivity contribution in [2.75, 3.05) is 0 Å². The van der Waals surface area contributed by atoms with Crippen molar-refractivity contribution in [1.82, 2.24) is 14.8 Å². The molecule has 0 bridgehead atoms. The summed E-state index contributed by atoms with van der Waals surface area (Å²) in [6, 6.07) is 1.78. The van der Waals surface area contributed by atoms with Gasteiger partial charge in [-0.25, -0.2) is 4.98 Å². The summed E-state index contributed by atoms with van der Waals surface area (Å²) in [5.74, 6) is 0.576. The molecular weight excluding hydrogens is 216 g/mol. The maximum absolute atomic E-state index is 4.54. The average Bonchev–Trinajstić information content (AvgIpc) is 2.76. The Morgan fingerprint density at radius 3 is 3.07 bits per heavy atom. The van der Waals surface area contributed by atoms with Gasteiger partial charge in [0.1, 0.15) is 0 Å². The van der Waals surface area contributed by atoms with Gasteiger partial charge in [-0.2, -0.15) is 9.46 Å². The van der Waals surface area contributed by atoms with Crippen LogP contribution in [0.1, 0.15) is 10.7 Å². The van der Waals surface area contributed by atoms with Crippen LogP contribution < -0.4 is 0 Å². The van der Waals surface area contributed by atoms with Gasteiger partial charge in [-0.1, -0.05) is 0 Å². The van der Waals surface area contributed by atoms with Crippen LogP contribution in [0.15, 0.2) is 22.0 Å². The number of nitrogens with zero attached hydrogens (tertiary/aromatic N) is 4. The highest BCUT2D eigenvalue weighted by atomic mass is 32.1. The van der Waals surface area contributed by atoms with Gasteiger partial charge in [0.05, 0.1) is 17.2 Å². The molecule has 0 N–H and O–H groups in total. The number of aryl methyl sites for hydroxylation is 1. The van der Waals surface area contributed by atoms with E-state index in [9.17, 15) is 0 Å². The van der Waals surface area contributed by atoms with Gasteiger partial charge in [0.15, 0.2) is 5.82 Å². The molecule has 6 heteroatoms. The molecule has 4 nitrogen and oxygen atoms in total. The second-order valence-corrected chi connectivity index (χ2v) is 4.07. The Kier molecular flexibility index (Phi) is 2.64. The van der Waals surface area contributed by atoms with E-state index in [-0.39, 0.29) is 0 Å². The van der Waals surface area contributed by atoms with Gasteiger partial charge in [-0.3, -0.25) is 4.68 Å². The fourth-order valence-corrected chi connectivity index (χ4v) is 1.84. The van der Waals surface area contributed by atoms with E-state index in [0.29, 0.717) is 12.4 Å². The lowest BCUT2D eigenvalue weighted by atomic mass is 10.5. The van der Waals surface area contributed by atoms with Gasteiger partial charge in [0.2, 0.25) is 0 Å². The predicted molar refractivity (Wildman–Crippen MR) is 57.6 cm³/mol. The molecule has 2 aromatic heterocycles. The zero-order valence-electron chi connectivity index (χ0n) is 7.54. The third-order valence-corrected chi connectivity index (χ3v) is 2.72. The van der Waals surface area contributed by atoms with E-state index in [1.54, 1.807) is 22.1 Å². The Balaban J connectivity index is 2.14. The number of rotatable bonds is 3. The van der Waals surface area contributed by atoms with Crippen molar-refractivity contribution in [2.24, 2.45) is 4.36 Å². The van der Waals surface area contributed by atoms with Crippen molar-refractivity contribution < 1.29 is 0 Å². The molecule has 0 atom stereocenters. The van der Waals surface area contributed by atoms with Crippen LogP contribution in [0.5, 0.6) is 0 Å². The molecule has 0 fully saturated rings. The molecule has 0 saturated heterocycles. The highest BCUT2D eigenvalue weighted by molar-refractivity contribution is 7.47. The first-order valence-corrected chi connectivity index (χ1v) is 5.30. The van der Waals surface area contributed by atoms with Crippen LogP contribution in [0.2, 0.25) is 0 Å². The molecule has 0 aliphatic rings. The van der Waals surface area contributed by atoms with Crippen LogP contribution in [-0.2, 0) is 19.0 Å². The van der Waals surface area contributed by atoms with Crippen LogP contribution in [0, 0.1) is 6.92 Å². The largest absolute Gasteiger partial charge is 0.264 e. The number of hydrogen-bond donors (Lipinski definition) is 0. The molecule has 2 aromatic rings. The lowest BCUT2D eigenvalue weighted by Crippen LogP contribution is -1.99. The SMILES string of the molecule is Cc1nc(Cn2ccc(N=S)n2)cs1. The third-order valence-electron chi connectivity index (χ3n) is 1.71. The number of aromatic nitrogens is 3. The van der Waals surface area contributed by atoms with Gasteiger partial charge in [-0.15, -0.1) is 11.3 Å². The van der Waals surface area contributed by atoms with E-state index >= 15 is 0 Å². The summed E-state index contributed by atoms with van der Waals surface area (Å²) in [6.07, 6.45) is 1.85. The van der Waals surface area contributed by atoms with Crippen LogP contribution in [-0.4, -0.2) is 14.8 Å². The highest BCUT2D eigenvalue weighted by Gasteiger charge is 2.01. The summed E-state index contributed by atoms with van der Waals surface area (Å²) in [5, 5.41) is 7.24. The molecule has 0 radical (unpaired) electrons. The first kappa shape index (κ1) is 9.42.